The van der Waals surface area contributed by atoms with Crippen LogP contribution in [0.1, 0.15) is 73.9 Å². The molecule has 4 aliphatic rings. The quantitative estimate of drug-likeness (QED) is 0.545. The molecule has 7 heteroatoms. The maximum Gasteiger partial charge on any atom is 0.195 e. The maximum atomic E-state index is 9.20. The predicted molar refractivity (Wildman–Crippen MR) is 143 cm³/mol. The average Bonchev–Trinajstić information content (AvgIpc) is 3.47. The van der Waals surface area contributed by atoms with Gasteiger partial charge in [-0.1, -0.05) is 58.0 Å². The number of ether oxygens (including phenoxy) is 4. The molecule has 7 nitrogen and oxygen atoms in total. The van der Waals surface area contributed by atoms with E-state index in [1.54, 1.807) is 0 Å². The Bertz CT molecular complexity index is 1260. The first-order chi connectivity index (χ1) is 18.0. The molecule has 0 atom stereocenters. The fourth-order valence-electron chi connectivity index (χ4n) is 5.76. The van der Waals surface area contributed by atoms with E-state index in [0.29, 0.717) is 26.4 Å². The normalized spacial score (nSPS) is 23.2. The fraction of sp³-hybridized carbons (Fsp3) is 0.548. The number of aliphatic hydroxyl groups is 1. The number of fused-ring (bicyclic) bond motifs is 4. The lowest BCUT2D eigenvalue weighted by Crippen LogP contribution is -2.44. The molecule has 0 saturated carbocycles. The van der Waals surface area contributed by atoms with E-state index in [1.165, 1.54) is 0 Å². The van der Waals surface area contributed by atoms with Crippen LogP contribution in [0.2, 0.25) is 0 Å². The molecule has 0 radical (unpaired) electrons. The molecule has 202 valence electrons. The second-order valence-electron chi connectivity index (χ2n) is 12.4. The molecule has 2 N–H and O–H groups in total. The van der Waals surface area contributed by atoms with Gasteiger partial charge in [-0.15, -0.1) is 0 Å². The highest BCUT2D eigenvalue weighted by Gasteiger charge is 2.48. The Kier molecular flexibility index (Phi) is 7.00. The maximum absolute atomic E-state index is 9.20. The van der Waals surface area contributed by atoms with E-state index < -0.39 is 11.6 Å². The molecular formula is C31H38N2O5. The van der Waals surface area contributed by atoms with Crippen LogP contribution in [0.25, 0.3) is 0 Å². The number of nitriles is 1. The van der Waals surface area contributed by atoms with Crippen molar-refractivity contribution in [2.75, 3.05) is 33.0 Å². The fourth-order valence-corrected chi connectivity index (χ4v) is 5.76. The van der Waals surface area contributed by atoms with Gasteiger partial charge in [-0.25, -0.2) is 0 Å². The van der Waals surface area contributed by atoms with E-state index in [1.807, 2.05) is 36.4 Å². The van der Waals surface area contributed by atoms with Crippen LogP contribution in [0.4, 0.5) is 0 Å². The van der Waals surface area contributed by atoms with Crippen molar-refractivity contribution in [3.05, 3.63) is 69.8 Å². The highest BCUT2D eigenvalue weighted by Crippen LogP contribution is 2.47. The Morgan fingerprint density at radius 1 is 0.816 bits per heavy atom. The highest BCUT2D eigenvalue weighted by molar-refractivity contribution is 6.00. The minimum Gasteiger partial charge on any atom is -0.390 e. The Hall–Kier alpha value is -2.60. The van der Waals surface area contributed by atoms with E-state index >= 15 is 0 Å². The SMILES string of the molecule is CC1(C)COC2(CCc3c(C#N)cccc32)OC1.CC1(C)COC2(CCc3c(C(=N)CO)cccc32)OC1. The summed E-state index contributed by atoms with van der Waals surface area (Å²) in [5.74, 6) is -1.24. The van der Waals surface area contributed by atoms with Gasteiger partial charge < -0.3 is 29.5 Å². The number of hydrogen-bond donors (Lipinski definition) is 2. The van der Waals surface area contributed by atoms with Gasteiger partial charge in [0.2, 0.25) is 0 Å². The predicted octanol–water partition coefficient (Wildman–Crippen LogP) is 4.95. The molecule has 0 unspecified atom stereocenters. The van der Waals surface area contributed by atoms with Gasteiger partial charge in [0.1, 0.15) is 0 Å². The zero-order valence-corrected chi connectivity index (χ0v) is 22.9. The molecule has 2 aromatic carbocycles. The van der Waals surface area contributed by atoms with Crippen molar-refractivity contribution >= 4 is 5.71 Å². The third-order valence-electron chi connectivity index (χ3n) is 7.97. The molecule has 2 aromatic rings. The van der Waals surface area contributed by atoms with Crippen LogP contribution in [0.3, 0.4) is 0 Å². The molecule has 2 aliphatic heterocycles. The van der Waals surface area contributed by atoms with Crippen LogP contribution in [0.5, 0.6) is 0 Å². The number of rotatable bonds is 2. The summed E-state index contributed by atoms with van der Waals surface area (Å²) < 4.78 is 24.2. The zero-order chi connectivity index (χ0) is 27.2. The lowest BCUT2D eigenvalue weighted by molar-refractivity contribution is -0.306. The lowest BCUT2D eigenvalue weighted by Gasteiger charge is -2.42. The van der Waals surface area contributed by atoms with Crippen molar-refractivity contribution in [2.45, 2.75) is 65.0 Å². The van der Waals surface area contributed by atoms with Crippen LogP contribution in [0, 0.1) is 27.6 Å². The highest BCUT2D eigenvalue weighted by atomic mass is 16.7. The Balaban J connectivity index is 0.000000156. The summed E-state index contributed by atoms with van der Waals surface area (Å²) in [4.78, 5) is 0. The summed E-state index contributed by atoms with van der Waals surface area (Å²) in [6.07, 6.45) is 3.29. The molecule has 6 rings (SSSR count). The Morgan fingerprint density at radius 3 is 1.79 bits per heavy atom. The molecule has 2 fully saturated rings. The first kappa shape index (κ1) is 27.0. The van der Waals surface area contributed by atoms with E-state index in [-0.39, 0.29) is 23.1 Å². The van der Waals surface area contributed by atoms with Gasteiger partial charge in [0, 0.05) is 40.4 Å². The molecule has 2 spiro atoms. The van der Waals surface area contributed by atoms with Gasteiger partial charge >= 0.3 is 0 Å². The largest absolute Gasteiger partial charge is 0.390 e. The molecule has 0 amide bonds. The third kappa shape index (κ3) is 4.81. The van der Waals surface area contributed by atoms with Crippen LogP contribution >= 0.6 is 0 Å². The molecule has 2 heterocycles. The first-order valence-electron chi connectivity index (χ1n) is 13.4. The molecule has 2 saturated heterocycles. The second kappa shape index (κ2) is 9.86. The van der Waals surface area contributed by atoms with E-state index in [9.17, 15) is 5.11 Å². The van der Waals surface area contributed by atoms with Crippen LogP contribution in [0.15, 0.2) is 36.4 Å². The summed E-state index contributed by atoms with van der Waals surface area (Å²) >= 11 is 0. The van der Waals surface area contributed by atoms with Gasteiger partial charge in [0.25, 0.3) is 0 Å². The van der Waals surface area contributed by atoms with Gasteiger partial charge in [0.05, 0.1) is 50.4 Å². The third-order valence-corrected chi connectivity index (χ3v) is 7.97. The Labute approximate surface area is 225 Å². The van der Waals surface area contributed by atoms with Crippen LogP contribution < -0.4 is 0 Å². The lowest BCUT2D eigenvalue weighted by atomic mass is 9.93. The van der Waals surface area contributed by atoms with Crippen LogP contribution in [-0.2, 0) is 43.4 Å². The molecule has 38 heavy (non-hydrogen) atoms. The van der Waals surface area contributed by atoms with E-state index in [0.717, 1.165) is 59.1 Å². The number of nitrogens with zero attached hydrogens (tertiary/aromatic N) is 1. The zero-order valence-electron chi connectivity index (χ0n) is 22.9. The summed E-state index contributed by atoms with van der Waals surface area (Å²) in [6, 6.07) is 13.9. The molecule has 0 bridgehead atoms. The minimum absolute atomic E-state index is 0.0451. The first-order valence-corrected chi connectivity index (χ1v) is 13.4. The molecule has 2 aliphatic carbocycles. The standard InChI is InChI=1S/C16H21NO3.C15H17NO2/c1-15(2)9-19-16(20-10-15)7-6-11-12(14(17)8-18)4-3-5-13(11)16;1-14(2)9-17-15(18-10-14)7-6-12-11(8-16)4-3-5-13(12)15/h3-5,17-18H,6-10H2,1-2H3;3-5H,6-7,9-10H2,1-2H3. The molecule has 0 aromatic heterocycles. The van der Waals surface area contributed by atoms with Crippen LogP contribution in [-0.4, -0.2) is 43.9 Å². The number of aliphatic hydroxyl groups excluding tert-OH is 1. The summed E-state index contributed by atoms with van der Waals surface area (Å²) in [6.45, 7) is 11.1. The smallest absolute Gasteiger partial charge is 0.195 e. The van der Waals surface area contributed by atoms with Gasteiger partial charge in [0.15, 0.2) is 11.6 Å². The number of hydrogen-bond acceptors (Lipinski definition) is 7. The summed E-state index contributed by atoms with van der Waals surface area (Å²) in [5.41, 5.74) is 6.21. The van der Waals surface area contributed by atoms with E-state index in [4.69, 9.17) is 29.6 Å². The number of benzene rings is 2. The van der Waals surface area contributed by atoms with Crippen molar-refractivity contribution in [2.24, 2.45) is 10.8 Å². The number of nitrogens with one attached hydrogen (secondary N) is 1. The monoisotopic (exact) mass is 518 g/mol. The summed E-state index contributed by atoms with van der Waals surface area (Å²) in [7, 11) is 0. The minimum atomic E-state index is -0.642. The van der Waals surface area contributed by atoms with Crippen molar-refractivity contribution in [3.63, 3.8) is 0 Å². The van der Waals surface area contributed by atoms with Gasteiger partial charge in [-0.05, 0) is 30.0 Å². The topological polar surface area (TPSA) is 105 Å². The van der Waals surface area contributed by atoms with Crippen molar-refractivity contribution in [1.82, 2.24) is 0 Å². The van der Waals surface area contributed by atoms with Gasteiger partial charge in [-0.2, -0.15) is 5.26 Å². The molecular weight excluding hydrogens is 480 g/mol. The van der Waals surface area contributed by atoms with Crippen molar-refractivity contribution < 1.29 is 24.1 Å². The Morgan fingerprint density at radius 2 is 1.29 bits per heavy atom. The van der Waals surface area contributed by atoms with Gasteiger partial charge in [-0.3, -0.25) is 0 Å². The van der Waals surface area contributed by atoms with Crippen molar-refractivity contribution in [3.8, 4) is 6.07 Å². The second-order valence-corrected chi connectivity index (χ2v) is 12.4. The summed E-state index contributed by atoms with van der Waals surface area (Å²) in [5, 5.41) is 26.2. The average molecular weight is 519 g/mol. The van der Waals surface area contributed by atoms with Crippen molar-refractivity contribution in [1.29, 1.82) is 10.7 Å². The van der Waals surface area contributed by atoms with E-state index in [2.05, 4.69) is 33.8 Å².